The molecule has 3 rings (SSSR count). The van der Waals surface area contributed by atoms with Crippen LogP contribution in [0.4, 0.5) is 0 Å². The number of hydrogen-bond donors (Lipinski definition) is 0. The molecular weight excluding hydrogens is 341 g/mol. The first kappa shape index (κ1) is 15.7. The summed E-state index contributed by atoms with van der Waals surface area (Å²) in [5, 5.41) is 5.60. The van der Waals surface area contributed by atoms with Crippen LogP contribution >= 0.6 is 34.8 Å². The molecule has 2 aromatic carbocycles. The summed E-state index contributed by atoms with van der Waals surface area (Å²) in [4.78, 5) is 5.46. The number of hydrogen-bond acceptors (Lipinski definition) is 2. The number of halogens is 3. The minimum Gasteiger partial charge on any atom is -0.391 e. The Kier molecular flexibility index (Phi) is 4.92. The Morgan fingerprint density at radius 2 is 1.73 bits per heavy atom. The second-order valence-corrected chi connectivity index (χ2v) is 6.42. The first-order valence-electron chi connectivity index (χ1n) is 7.02. The smallest absolute Gasteiger partial charge is 0.142 e. The first-order chi connectivity index (χ1) is 10.6. The summed E-state index contributed by atoms with van der Waals surface area (Å²) in [5.41, 5.74) is 3.15. The van der Waals surface area contributed by atoms with Gasteiger partial charge in [0, 0.05) is 5.92 Å². The van der Waals surface area contributed by atoms with Gasteiger partial charge in [-0.05, 0) is 36.1 Å². The average Bonchev–Trinajstić information content (AvgIpc) is 2.49. The number of rotatable bonds is 4. The summed E-state index contributed by atoms with van der Waals surface area (Å²) in [6, 6.07) is 13.7. The van der Waals surface area contributed by atoms with Gasteiger partial charge in [-0.3, -0.25) is 0 Å². The van der Waals surface area contributed by atoms with Gasteiger partial charge in [0.05, 0.1) is 20.8 Å². The van der Waals surface area contributed by atoms with Crippen molar-refractivity contribution in [3.05, 3.63) is 68.7 Å². The van der Waals surface area contributed by atoms with Gasteiger partial charge in [-0.15, -0.1) is 0 Å². The van der Waals surface area contributed by atoms with Crippen LogP contribution in [0.1, 0.15) is 29.9 Å². The normalized spacial score (nSPS) is 19.0. The summed E-state index contributed by atoms with van der Waals surface area (Å²) in [7, 11) is 0. The molecule has 1 atom stereocenters. The molecule has 0 aromatic heterocycles. The van der Waals surface area contributed by atoms with Gasteiger partial charge in [-0.2, -0.15) is 0 Å². The van der Waals surface area contributed by atoms with E-state index < -0.39 is 0 Å². The third kappa shape index (κ3) is 3.40. The van der Waals surface area contributed by atoms with Crippen molar-refractivity contribution in [1.29, 1.82) is 0 Å². The molecule has 1 aliphatic rings. The lowest BCUT2D eigenvalue weighted by Crippen LogP contribution is -2.24. The number of benzene rings is 2. The Balaban J connectivity index is 1.68. The van der Waals surface area contributed by atoms with Crippen LogP contribution < -0.4 is 0 Å². The molecule has 1 aliphatic carbocycles. The highest BCUT2D eigenvalue weighted by atomic mass is 35.5. The van der Waals surface area contributed by atoms with Crippen LogP contribution in [-0.2, 0) is 11.4 Å². The zero-order chi connectivity index (χ0) is 15.5. The second-order valence-electron chi connectivity index (χ2n) is 5.23. The van der Waals surface area contributed by atoms with Crippen LogP contribution in [0.3, 0.4) is 0 Å². The summed E-state index contributed by atoms with van der Waals surface area (Å²) in [6.07, 6.45) is 1.94. The van der Waals surface area contributed by atoms with E-state index in [1.165, 1.54) is 0 Å². The molecule has 1 unspecified atom stereocenters. The molecule has 22 heavy (non-hydrogen) atoms. The molecule has 0 aliphatic heterocycles. The topological polar surface area (TPSA) is 21.6 Å². The van der Waals surface area contributed by atoms with E-state index in [0.29, 0.717) is 21.7 Å². The van der Waals surface area contributed by atoms with Crippen LogP contribution in [0.25, 0.3) is 0 Å². The lowest BCUT2D eigenvalue weighted by atomic mass is 9.78. The molecule has 0 radical (unpaired) electrons. The Bertz CT molecular complexity index is 677. The van der Waals surface area contributed by atoms with E-state index in [4.69, 9.17) is 39.6 Å². The van der Waals surface area contributed by atoms with Crippen LogP contribution in [0.2, 0.25) is 15.1 Å². The molecule has 0 bridgehead atoms. The summed E-state index contributed by atoms with van der Waals surface area (Å²) < 4.78 is 0. The van der Waals surface area contributed by atoms with Gasteiger partial charge >= 0.3 is 0 Å². The third-order valence-electron chi connectivity index (χ3n) is 3.76. The zero-order valence-corrected chi connectivity index (χ0v) is 14.0. The summed E-state index contributed by atoms with van der Waals surface area (Å²) >= 11 is 18.2. The fourth-order valence-electron chi connectivity index (χ4n) is 2.43. The highest BCUT2D eigenvalue weighted by Gasteiger charge is 2.29. The van der Waals surface area contributed by atoms with E-state index in [1.54, 1.807) is 0 Å². The average molecular weight is 355 g/mol. The van der Waals surface area contributed by atoms with Crippen LogP contribution in [-0.4, -0.2) is 5.71 Å². The number of oxime groups is 1. The van der Waals surface area contributed by atoms with Gasteiger partial charge in [0.25, 0.3) is 0 Å². The van der Waals surface area contributed by atoms with E-state index in [-0.39, 0.29) is 5.92 Å². The van der Waals surface area contributed by atoms with Crippen molar-refractivity contribution in [3.63, 3.8) is 0 Å². The molecule has 0 spiro atoms. The van der Waals surface area contributed by atoms with E-state index in [9.17, 15) is 0 Å². The Labute approximate surface area is 144 Å². The quantitative estimate of drug-likeness (QED) is 0.480. The molecule has 5 heteroatoms. The van der Waals surface area contributed by atoms with Gasteiger partial charge in [0.2, 0.25) is 0 Å². The highest BCUT2D eigenvalue weighted by Crippen LogP contribution is 2.39. The lowest BCUT2D eigenvalue weighted by molar-refractivity contribution is 0.127. The Morgan fingerprint density at radius 1 is 1.05 bits per heavy atom. The van der Waals surface area contributed by atoms with Crippen molar-refractivity contribution in [3.8, 4) is 0 Å². The van der Waals surface area contributed by atoms with Crippen LogP contribution in [0, 0.1) is 0 Å². The lowest BCUT2D eigenvalue weighted by Gasteiger charge is -2.28. The summed E-state index contributed by atoms with van der Waals surface area (Å²) in [5.74, 6) is 0.211. The van der Waals surface area contributed by atoms with Crippen LogP contribution in [0.15, 0.2) is 47.6 Å². The fourth-order valence-corrected chi connectivity index (χ4v) is 3.04. The van der Waals surface area contributed by atoms with E-state index >= 15 is 0 Å². The van der Waals surface area contributed by atoms with E-state index in [0.717, 1.165) is 29.7 Å². The maximum absolute atomic E-state index is 6.09. The fraction of sp³-hybridized carbons (Fsp3) is 0.235. The second kappa shape index (κ2) is 6.91. The van der Waals surface area contributed by atoms with Crippen molar-refractivity contribution in [2.24, 2.45) is 5.16 Å². The van der Waals surface area contributed by atoms with Gasteiger partial charge < -0.3 is 4.84 Å². The minimum absolute atomic E-state index is 0.211. The monoisotopic (exact) mass is 353 g/mol. The zero-order valence-electron chi connectivity index (χ0n) is 11.7. The maximum atomic E-state index is 6.09. The van der Waals surface area contributed by atoms with Crippen molar-refractivity contribution in [1.82, 2.24) is 0 Å². The van der Waals surface area contributed by atoms with E-state index in [1.807, 2.05) is 42.5 Å². The molecule has 2 aromatic rings. The Morgan fingerprint density at radius 3 is 2.32 bits per heavy atom. The van der Waals surface area contributed by atoms with Crippen molar-refractivity contribution in [2.45, 2.75) is 25.4 Å². The van der Waals surface area contributed by atoms with Gasteiger partial charge in [0.15, 0.2) is 0 Å². The molecule has 0 N–H and O–H groups in total. The molecule has 114 valence electrons. The molecular formula is C17H14Cl3NO. The maximum Gasteiger partial charge on any atom is 0.142 e. The standard InChI is InChI=1S/C17H14Cl3NO/c18-14-8-12(9-15(19)17(14)20)13-6-7-16(13)21-22-10-11-4-2-1-3-5-11/h1-5,8-9,13H,6-7,10H2. The number of nitrogens with zero attached hydrogens (tertiary/aromatic N) is 1. The first-order valence-corrected chi connectivity index (χ1v) is 8.15. The van der Waals surface area contributed by atoms with Crippen LogP contribution in [0.5, 0.6) is 0 Å². The van der Waals surface area contributed by atoms with Gasteiger partial charge in [-0.25, -0.2) is 0 Å². The van der Waals surface area contributed by atoms with Crippen molar-refractivity contribution >= 4 is 40.5 Å². The molecule has 2 nitrogen and oxygen atoms in total. The third-order valence-corrected chi connectivity index (χ3v) is 4.95. The molecule has 0 saturated heterocycles. The Hall–Kier alpha value is -1.22. The van der Waals surface area contributed by atoms with Gasteiger partial charge in [-0.1, -0.05) is 70.3 Å². The molecule has 0 heterocycles. The molecule has 0 amide bonds. The predicted octanol–water partition coefficient (Wildman–Crippen LogP) is 6.10. The van der Waals surface area contributed by atoms with E-state index in [2.05, 4.69) is 5.16 Å². The molecule has 1 fully saturated rings. The highest BCUT2D eigenvalue weighted by molar-refractivity contribution is 6.48. The molecule has 1 saturated carbocycles. The SMILES string of the molecule is Clc1cc(C2CCC2=NOCc2ccccc2)cc(Cl)c1Cl. The van der Waals surface area contributed by atoms with Crippen molar-refractivity contribution < 1.29 is 4.84 Å². The van der Waals surface area contributed by atoms with Crippen molar-refractivity contribution in [2.75, 3.05) is 0 Å². The van der Waals surface area contributed by atoms with Gasteiger partial charge in [0.1, 0.15) is 6.61 Å². The minimum atomic E-state index is 0.211. The predicted molar refractivity (Wildman–Crippen MR) is 92.1 cm³/mol. The largest absolute Gasteiger partial charge is 0.391 e. The summed E-state index contributed by atoms with van der Waals surface area (Å²) in [6.45, 7) is 0.471.